The molecule has 15 heteroatoms. The van der Waals surface area contributed by atoms with Gasteiger partial charge >= 0.3 is 12.1 Å². The summed E-state index contributed by atoms with van der Waals surface area (Å²) < 4.78 is 31.5. The van der Waals surface area contributed by atoms with Gasteiger partial charge in [0.2, 0.25) is 0 Å². The van der Waals surface area contributed by atoms with E-state index in [2.05, 4.69) is 31.2 Å². The van der Waals surface area contributed by atoms with Crippen LogP contribution in [0.1, 0.15) is 58.4 Å². The largest absolute Gasteiger partial charge is 0.467 e. The van der Waals surface area contributed by atoms with Crippen molar-refractivity contribution in [2.75, 3.05) is 32.5 Å². The molecule has 5 rings (SSSR count). The number of rotatable bonds is 11. The van der Waals surface area contributed by atoms with E-state index in [-0.39, 0.29) is 12.2 Å². The fourth-order valence-corrected chi connectivity index (χ4v) is 5.76. The molecular weight excluding hydrogens is 620 g/mol. The van der Waals surface area contributed by atoms with Crippen molar-refractivity contribution in [1.82, 2.24) is 29.7 Å². The van der Waals surface area contributed by atoms with E-state index in [1.54, 1.807) is 43.8 Å². The summed E-state index contributed by atoms with van der Waals surface area (Å²) in [7, 11) is 1.27. The predicted molar refractivity (Wildman–Crippen MR) is 174 cm³/mol. The Bertz CT molecular complexity index is 1680. The Kier molecular flexibility index (Phi) is 10.3. The second-order valence-corrected chi connectivity index (χ2v) is 13.1. The van der Waals surface area contributed by atoms with Gasteiger partial charge < -0.3 is 34.7 Å². The number of imidazole rings is 1. The molecule has 2 aliphatic rings. The molecule has 2 aromatic heterocycles. The van der Waals surface area contributed by atoms with Crippen LogP contribution in [0.2, 0.25) is 0 Å². The summed E-state index contributed by atoms with van der Waals surface area (Å²) in [4.78, 5) is 40.2. The van der Waals surface area contributed by atoms with Crippen LogP contribution in [-0.4, -0.2) is 99.0 Å². The highest BCUT2D eigenvalue weighted by atomic mass is 16.8. The van der Waals surface area contributed by atoms with E-state index in [1.165, 1.54) is 13.4 Å². The molecule has 0 saturated carbocycles. The summed E-state index contributed by atoms with van der Waals surface area (Å²) >= 11 is 0. The summed E-state index contributed by atoms with van der Waals surface area (Å²) in [5, 5.41) is 11.8. The highest BCUT2D eigenvalue weighted by Crippen LogP contribution is 2.44. The lowest BCUT2D eigenvalue weighted by Crippen LogP contribution is -2.47. The average Bonchev–Trinajstić information content (AvgIpc) is 3.69. The summed E-state index contributed by atoms with van der Waals surface area (Å²) in [6.45, 7) is 10.2. The number of hydrogen-bond donors (Lipinski definition) is 2. The Morgan fingerprint density at radius 3 is 2.60 bits per heavy atom. The third kappa shape index (κ3) is 8.26. The maximum atomic E-state index is 12.7. The number of nitrogens with two attached hydrogens (primary N) is 1. The molecule has 0 aliphatic carbocycles. The molecule has 2 saturated heterocycles. The van der Waals surface area contributed by atoms with Crippen molar-refractivity contribution < 1.29 is 33.3 Å². The monoisotopic (exact) mass is 662 g/mol. The van der Waals surface area contributed by atoms with E-state index >= 15 is 0 Å². The first-order valence-corrected chi connectivity index (χ1v) is 15.7. The highest BCUT2D eigenvalue weighted by molar-refractivity contribution is 5.82. The topological polar surface area (TPSA) is 189 Å². The molecule has 3 N–H and O–H groups in total. The van der Waals surface area contributed by atoms with E-state index < -0.39 is 54.0 Å². The number of carbonyl (C=O) groups is 2. The maximum absolute atomic E-state index is 12.7. The Balaban J connectivity index is 1.37. The zero-order valence-electron chi connectivity index (χ0n) is 28.0. The fourth-order valence-electron chi connectivity index (χ4n) is 5.76. The number of anilines is 1. The number of hydrogen-bond acceptors (Lipinski definition) is 13. The van der Waals surface area contributed by atoms with Crippen LogP contribution in [0.15, 0.2) is 43.0 Å². The van der Waals surface area contributed by atoms with E-state index in [9.17, 15) is 9.59 Å². The summed E-state index contributed by atoms with van der Waals surface area (Å²) in [6.07, 6.45) is 4.43. The molecule has 15 nitrogen and oxygen atoms in total. The molecule has 4 heterocycles. The van der Waals surface area contributed by atoms with Crippen LogP contribution in [0.4, 0.5) is 10.6 Å². The highest BCUT2D eigenvalue weighted by Gasteiger charge is 2.56. The Morgan fingerprint density at radius 1 is 1.19 bits per heavy atom. The van der Waals surface area contributed by atoms with Gasteiger partial charge in [0.15, 0.2) is 23.5 Å². The van der Waals surface area contributed by atoms with Crippen LogP contribution >= 0.6 is 0 Å². The first-order chi connectivity index (χ1) is 22.8. The number of amides is 1. The van der Waals surface area contributed by atoms with Gasteiger partial charge in [-0.2, -0.15) is 5.26 Å². The molecule has 2 aliphatic heterocycles. The molecule has 48 heavy (non-hydrogen) atoms. The number of esters is 1. The molecule has 0 spiro atoms. The first-order valence-electron chi connectivity index (χ1n) is 15.7. The molecule has 5 atom stereocenters. The molecule has 0 radical (unpaired) electrons. The SMILES string of the molecule is COC(=O)[C@H](CCN(C/C=C/c1ccc(C#N)cc1)C[C@H]1O[C@@H](n2cnc3c(N)ncnc32)[C@@H]2OC(C)(C)O[C@@H]21)NC(=O)OC(C)(C)C. The minimum atomic E-state index is -0.952. The minimum Gasteiger partial charge on any atom is -0.467 e. The van der Waals surface area contributed by atoms with Gasteiger partial charge in [-0.1, -0.05) is 24.3 Å². The summed E-state index contributed by atoms with van der Waals surface area (Å²) in [5.41, 5.74) is 7.77. The van der Waals surface area contributed by atoms with Crippen LogP contribution in [0.3, 0.4) is 0 Å². The van der Waals surface area contributed by atoms with Crippen molar-refractivity contribution in [2.45, 2.75) is 83.0 Å². The summed E-state index contributed by atoms with van der Waals surface area (Å²) in [6, 6.07) is 8.41. The van der Waals surface area contributed by atoms with Crippen molar-refractivity contribution in [2.24, 2.45) is 0 Å². The van der Waals surface area contributed by atoms with Gasteiger partial charge in [-0.05, 0) is 58.7 Å². The van der Waals surface area contributed by atoms with E-state index in [4.69, 9.17) is 34.7 Å². The molecule has 0 unspecified atom stereocenters. The third-order valence-electron chi connectivity index (χ3n) is 7.85. The number of carbonyl (C=O) groups excluding carboxylic acids is 2. The molecule has 1 amide bonds. The Morgan fingerprint density at radius 2 is 1.92 bits per heavy atom. The number of nitriles is 1. The van der Waals surface area contributed by atoms with Gasteiger partial charge in [-0.3, -0.25) is 9.47 Å². The van der Waals surface area contributed by atoms with Crippen LogP contribution in [0.25, 0.3) is 17.2 Å². The average molecular weight is 663 g/mol. The summed E-state index contributed by atoms with van der Waals surface area (Å²) in [5.74, 6) is -1.20. The second kappa shape index (κ2) is 14.2. The fraction of sp³-hybridized carbons (Fsp3) is 0.515. The van der Waals surface area contributed by atoms with Crippen molar-refractivity contribution in [3.8, 4) is 6.07 Å². The zero-order chi connectivity index (χ0) is 34.6. The van der Waals surface area contributed by atoms with Gasteiger partial charge in [0, 0.05) is 19.6 Å². The van der Waals surface area contributed by atoms with Crippen molar-refractivity contribution >= 4 is 35.1 Å². The first kappa shape index (κ1) is 34.7. The number of nitrogens with one attached hydrogen (secondary N) is 1. The Labute approximate surface area is 279 Å². The van der Waals surface area contributed by atoms with E-state index in [0.29, 0.717) is 36.4 Å². The van der Waals surface area contributed by atoms with Gasteiger partial charge in [0.25, 0.3) is 0 Å². The smallest absolute Gasteiger partial charge is 0.408 e. The van der Waals surface area contributed by atoms with Crippen LogP contribution in [0.5, 0.6) is 0 Å². The quantitative estimate of drug-likeness (QED) is 0.285. The molecular formula is C33H42N8O7. The zero-order valence-corrected chi connectivity index (χ0v) is 28.0. The lowest BCUT2D eigenvalue weighted by Gasteiger charge is -2.29. The normalized spacial score (nSPS) is 22.5. The van der Waals surface area contributed by atoms with Crippen molar-refractivity contribution in [1.29, 1.82) is 5.26 Å². The van der Waals surface area contributed by atoms with Gasteiger partial charge in [0.1, 0.15) is 41.8 Å². The number of aromatic nitrogens is 4. The number of alkyl carbamates (subject to hydrolysis) is 1. The van der Waals surface area contributed by atoms with Gasteiger partial charge in [0.05, 0.1) is 25.1 Å². The molecule has 2 fully saturated rings. The lowest BCUT2D eigenvalue weighted by atomic mass is 10.1. The predicted octanol–water partition coefficient (Wildman–Crippen LogP) is 3.17. The number of benzene rings is 1. The minimum absolute atomic E-state index is 0.228. The standard InChI is InChI=1S/C33H42N8O7/c1-32(2,3)48-31(43)39-22(30(42)44-6)13-15-40(14-7-8-20-9-11-21(16-34)12-10-20)17-23-25-26(47-33(4,5)46-25)29(45-23)41-19-38-24-27(35)36-18-37-28(24)41/h7-12,18-19,22-23,25-26,29H,13-15,17H2,1-6H3,(H,39,43)(H2,35,36,37)/b8-7+/t22-,23+,25+,26+,29+/m0/s1. The van der Waals surface area contributed by atoms with Gasteiger partial charge in [-0.15, -0.1) is 0 Å². The van der Waals surface area contributed by atoms with E-state index in [0.717, 1.165) is 5.56 Å². The van der Waals surface area contributed by atoms with Crippen molar-refractivity contribution in [3.05, 3.63) is 54.1 Å². The molecule has 0 bridgehead atoms. The third-order valence-corrected chi connectivity index (χ3v) is 7.85. The second-order valence-electron chi connectivity index (χ2n) is 13.1. The molecule has 1 aromatic carbocycles. The maximum Gasteiger partial charge on any atom is 0.408 e. The molecule has 3 aromatic rings. The number of nitrogens with zero attached hydrogens (tertiary/aromatic N) is 6. The van der Waals surface area contributed by atoms with Crippen LogP contribution in [-0.2, 0) is 28.5 Å². The van der Waals surface area contributed by atoms with E-state index in [1.807, 2.05) is 38.1 Å². The van der Waals surface area contributed by atoms with Gasteiger partial charge in [-0.25, -0.2) is 24.5 Å². The number of methoxy groups -OCH3 is 1. The van der Waals surface area contributed by atoms with Crippen molar-refractivity contribution in [3.63, 3.8) is 0 Å². The van der Waals surface area contributed by atoms with Crippen LogP contribution in [0, 0.1) is 11.3 Å². The molecule has 256 valence electrons. The number of ether oxygens (including phenoxy) is 5. The van der Waals surface area contributed by atoms with Crippen LogP contribution < -0.4 is 11.1 Å². The lowest BCUT2D eigenvalue weighted by molar-refractivity contribution is -0.197. The number of nitrogen functional groups attached to an aromatic ring is 1. The number of fused-ring (bicyclic) bond motifs is 2. The Hall–Kier alpha value is -4.62.